The van der Waals surface area contributed by atoms with E-state index < -0.39 is 11.6 Å². The number of thiophene rings is 1. The summed E-state index contributed by atoms with van der Waals surface area (Å²) >= 11 is 1.64. The third-order valence-corrected chi connectivity index (χ3v) is 3.99. The zero-order chi connectivity index (χ0) is 14.4. The van der Waals surface area contributed by atoms with Crippen molar-refractivity contribution < 1.29 is 8.78 Å². The highest BCUT2D eigenvalue weighted by atomic mass is 32.1. The monoisotopic (exact) mass is 295 g/mol. The van der Waals surface area contributed by atoms with Crippen LogP contribution < -0.4 is 5.32 Å². The number of hydrogen-bond acceptors (Lipinski definition) is 2. The fraction of sp³-hybridized carbons (Fsp3) is 0.375. The van der Waals surface area contributed by atoms with Crippen molar-refractivity contribution in [3.63, 3.8) is 0 Å². The Morgan fingerprint density at radius 2 is 1.90 bits per heavy atom. The first-order chi connectivity index (χ1) is 9.70. The van der Waals surface area contributed by atoms with Gasteiger partial charge >= 0.3 is 0 Å². The Morgan fingerprint density at radius 3 is 2.50 bits per heavy atom. The molecule has 0 bridgehead atoms. The summed E-state index contributed by atoms with van der Waals surface area (Å²) in [7, 11) is 0. The quantitative estimate of drug-likeness (QED) is 0.808. The van der Waals surface area contributed by atoms with E-state index in [0.717, 1.165) is 19.4 Å². The first-order valence-electron chi connectivity index (χ1n) is 6.88. The molecule has 0 aliphatic carbocycles. The molecule has 1 aromatic heterocycles. The lowest BCUT2D eigenvalue weighted by atomic mass is 9.99. The summed E-state index contributed by atoms with van der Waals surface area (Å²) in [6, 6.07) is 6.15. The van der Waals surface area contributed by atoms with Crippen molar-refractivity contribution in [2.75, 3.05) is 6.54 Å². The molecule has 1 heterocycles. The second-order valence-electron chi connectivity index (χ2n) is 4.89. The highest BCUT2D eigenvalue weighted by molar-refractivity contribution is 7.07. The van der Waals surface area contributed by atoms with Crippen LogP contribution in [0, 0.1) is 11.6 Å². The minimum atomic E-state index is -0.460. The maximum atomic E-state index is 13.7. The van der Waals surface area contributed by atoms with E-state index in [4.69, 9.17) is 0 Å². The number of hydrogen-bond donors (Lipinski definition) is 1. The first-order valence-corrected chi connectivity index (χ1v) is 7.82. The van der Waals surface area contributed by atoms with Gasteiger partial charge in [-0.3, -0.25) is 0 Å². The van der Waals surface area contributed by atoms with Gasteiger partial charge in [0.05, 0.1) is 0 Å². The lowest BCUT2D eigenvalue weighted by Gasteiger charge is -2.19. The predicted molar refractivity (Wildman–Crippen MR) is 80.2 cm³/mol. The molecule has 108 valence electrons. The molecule has 1 nitrogen and oxygen atoms in total. The molecule has 0 aliphatic heterocycles. The fourth-order valence-corrected chi connectivity index (χ4v) is 2.91. The average molecular weight is 295 g/mol. The number of nitrogens with one attached hydrogen (secondary N) is 1. The van der Waals surface area contributed by atoms with Gasteiger partial charge < -0.3 is 5.32 Å². The van der Waals surface area contributed by atoms with Crippen LogP contribution in [0.5, 0.6) is 0 Å². The third-order valence-electron chi connectivity index (χ3n) is 3.26. The van der Waals surface area contributed by atoms with Crippen LogP contribution in [0.25, 0.3) is 0 Å². The van der Waals surface area contributed by atoms with E-state index in [2.05, 4.69) is 23.7 Å². The summed E-state index contributed by atoms with van der Waals surface area (Å²) < 4.78 is 27.5. The van der Waals surface area contributed by atoms with Gasteiger partial charge in [-0.1, -0.05) is 13.0 Å². The van der Waals surface area contributed by atoms with Crippen LogP contribution in [0.2, 0.25) is 0 Å². The van der Waals surface area contributed by atoms with Gasteiger partial charge in [0.15, 0.2) is 0 Å². The minimum absolute atomic E-state index is 0.0518. The smallest absolute Gasteiger partial charge is 0.129 e. The average Bonchev–Trinajstić information content (AvgIpc) is 2.93. The number of halogens is 2. The van der Waals surface area contributed by atoms with E-state index in [1.54, 1.807) is 11.3 Å². The number of benzene rings is 1. The molecule has 0 aliphatic rings. The normalized spacial score (nSPS) is 12.6. The zero-order valence-corrected chi connectivity index (χ0v) is 12.4. The van der Waals surface area contributed by atoms with Crippen LogP contribution in [0.15, 0.2) is 35.0 Å². The van der Waals surface area contributed by atoms with Crippen LogP contribution >= 0.6 is 11.3 Å². The van der Waals surface area contributed by atoms with Crippen LogP contribution in [0.1, 0.15) is 24.5 Å². The van der Waals surface area contributed by atoms with Crippen molar-refractivity contribution in [2.24, 2.45) is 0 Å². The molecule has 0 amide bonds. The largest absolute Gasteiger partial charge is 0.313 e. The Bertz CT molecular complexity index is 505. The maximum Gasteiger partial charge on any atom is 0.129 e. The first kappa shape index (κ1) is 15.1. The summed E-state index contributed by atoms with van der Waals surface area (Å²) in [5.41, 5.74) is 1.39. The minimum Gasteiger partial charge on any atom is -0.313 e. The Balaban J connectivity index is 2.10. The van der Waals surface area contributed by atoms with Crippen LogP contribution in [-0.2, 0) is 12.8 Å². The molecule has 1 aromatic carbocycles. The highest BCUT2D eigenvalue weighted by Gasteiger charge is 2.16. The summed E-state index contributed by atoms with van der Waals surface area (Å²) in [4.78, 5) is 0. The van der Waals surface area contributed by atoms with E-state index in [9.17, 15) is 8.78 Å². The van der Waals surface area contributed by atoms with Crippen LogP contribution in [0.3, 0.4) is 0 Å². The molecule has 20 heavy (non-hydrogen) atoms. The summed E-state index contributed by atoms with van der Waals surface area (Å²) in [5, 5.41) is 7.49. The van der Waals surface area contributed by atoms with Crippen molar-refractivity contribution in [1.82, 2.24) is 5.32 Å². The molecular formula is C16H19F2NS. The van der Waals surface area contributed by atoms with E-state index in [1.165, 1.54) is 23.8 Å². The van der Waals surface area contributed by atoms with Gasteiger partial charge in [-0.15, -0.1) is 0 Å². The Hall–Kier alpha value is -1.26. The van der Waals surface area contributed by atoms with Gasteiger partial charge in [0.25, 0.3) is 0 Å². The van der Waals surface area contributed by atoms with Crippen molar-refractivity contribution in [3.8, 4) is 0 Å². The van der Waals surface area contributed by atoms with E-state index >= 15 is 0 Å². The van der Waals surface area contributed by atoms with E-state index in [-0.39, 0.29) is 11.6 Å². The Morgan fingerprint density at radius 1 is 1.15 bits per heavy atom. The molecule has 0 fully saturated rings. The molecule has 1 unspecified atom stereocenters. The van der Waals surface area contributed by atoms with Gasteiger partial charge in [-0.25, -0.2) is 8.78 Å². The molecular weight excluding hydrogens is 276 g/mol. The predicted octanol–water partition coefficient (Wildman–Crippen LogP) is 4.18. The molecule has 4 heteroatoms. The second-order valence-corrected chi connectivity index (χ2v) is 5.67. The Kier molecular flexibility index (Phi) is 5.68. The van der Waals surface area contributed by atoms with Crippen molar-refractivity contribution >= 4 is 11.3 Å². The molecule has 0 radical (unpaired) electrons. The lowest BCUT2D eigenvalue weighted by molar-refractivity contribution is 0.475. The van der Waals surface area contributed by atoms with Crippen molar-refractivity contribution in [1.29, 1.82) is 0 Å². The molecule has 0 saturated carbocycles. The molecule has 1 N–H and O–H groups in total. The highest BCUT2D eigenvalue weighted by Crippen LogP contribution is 2.17. The standard InChI is InChI=1S/C16H19F2NS/c1-2-7-19-13(9-12-6-8-20-11-12)10-14-15(17)4-3-5-16(14)18/h3-6,8,11,13,19H,2,7,9-10H2,1H3. The summed E-state index contributed by atoms with van der Waals surface area (Å²) in [6.45, 7) is 2.93. The zero-order valence-electron chi connectivity index (χ0n) is 11.5. The molecule has 0 spiro atoms. The molecule has 2 rings (SSSR count). The van der Waals surface area contributed by atoms with Crippen LogP contribution in [0.4, 0.5) is 8.78 Å². The Labute approximate surface area is 122 Å². The van der Waals surface area contributed by atoms with Gasteiger partial charge in [-0.2, -0.15) is 11.3 Å². The van der Waals surface area contributed by atoms with Gasteiger partial charge in [0.1, 0.15) is 11.6 Å². The molecule has 0 saturated heterocycles. The second kappa shape index (κ2) is 7.50. The fourth-order valence-electron chi connectivity index (χ4n) is 2.23. The van der Waals surface area contributed by atoms with Gasteiger partial charge in [-0.05, 0) is 60.3 Å². The van der Waals surface area contributed by atoms with Gasteiger partial charge in [0, 0.05) is 11.6 Å². The van der Waals surface area contributed by atoms with E-state index in [0.29, 0.717) is 6.42 Å². The number of rotatable bonds is 7. The van der Waals surface area contributed by atoms with E-state index in [1.807, 2.05) is 5.38 Å². The SMILES string of the molecule is CCCNC(Cc1ccsc1)Cc1c(F)cccc1F. The maximum absolute atomic E-state index is 13.7. The topological polar surface area (TPSA) is 12.0 Å². The third kappa shape index (κ3) is 4.12. The molecule has 2 aromatic rings. The summed E-state index contributed by atoms with van der Waals surface area (Å²) in [5.74, 6) is -0.919. The van der Waals surface area contributed by atoms with Crippen LogP contribution in [-0.4, -0.2) is 12.6 Å². The summed E-state index contributed by atoms with van der Waals surface area (Å²) in [6.07, 6.45) is 2.16. The van der Waals surface area contributed by atoms with Crippen molar-refractivity contribution in [3.05, 3.63) is 57.8 Å². The lowest BCUT2D eigenvalue weighted by Crippen LogP contribution is -2.34. The van der Waals surface area contributed by atoms with Gasteiger partial charge in [0.2, 0.25) is 0 Å². The molecule has 1 atom stereocenters. The van der Waals surface area contributed by atoms with Crippen molar-refractivity contribution in [2.45, 2.75) is 32.2 Å².